The van der Waals surface area contributed by atoms with Crippen molar-refractivity contribution in [2.24, 2.45) is 0 Å². The number of rotatable bonds is 4. The molecule has 4 heteroatoms. The number of anilines is 1. The molecule has 0 spiro atoms. The maximum absolute atomic E-state index is 11.9. The third-order valence-electron chi connectivity index (χ3n) is 3.52. The average molecular weight is 283 g/mol. The van der Waals surface area contributed by atoms with Crippen LogP contribution in [0, 0.1) is 0 Å². The molecule has 19 heavy (non-hydrogen) atoms. The maximum atomic E-state index is 11.9. The smallest absolute Gasteiger partial charge is 0.201 e. The highest BCUT2D eigenvalue weighted by Gasteiger charge is 2.17. The summed E-state index contributed by atoms with van der Waals surface area (Å²) in [7, 11) is 0. The fourth-order valence-electron chi connectivity index (χ4n) is 2.38. The molecule has 0 N–H and O–H groups in total. The van der Waals surface area contributed by atoms with Crippen LogP contribution in [0.2, 0.25) is 0 Å². The Bertz CT molecular complexity index is 431. The summed E-state index contributed by atoms with van der Waals surface area (Å²) in [6.07, 6.45) is 2.52. The lowest BCUT2D eigenvalue weighted by molar-refractivity contribution is 0.254. The topological polar surface area (TPSA) is 23.6 Å². The summed E-state index contributed by atoms with van der Waals surface area (Å²) in [6.45, 7) is 7.48. The van der Waals surface area contributed by atoms with Gasteiger partial charge in [0.1, 0.15) is 0 Å². The SMILES string of the molecule is CCCCN1CCN(c2cccccc2=O)CC1.Cl. The monoisotopic (exact) mass is 282 g/mol. The molecule has 3 nitrogen and oxygen atoms in total. The minimum atomic E-state index is 0. The predicted octanol–water partition coefficient (Wildman–Crippen LogP) is 2.39. The van der Waals surface area contributed by atoms with E-state index in [4.69, 9.17) is 0 Å². The van der Waals surface area contributed by atoms with Crippen LogP contribution in [-0.4, -0.2) is 37.6 Å². The van der Waals surface area contributed by atoms with E-state index < -0.39 is 0 Å². The highest BCUT2D eigenvalue weighted by Crippen LogP contribution is 2.11. The van der Waals surface area contributed by atoms with E-state index in [1.807, 2.05) is 24.3 Å². The largest absolute Gasteiger partial charge is 0.366 e. The molecule has 1 aliphatic rings. The minimum absolute atomic E-state index is 0. The molecule has 0 atom stereocenters. The Kier molecular flexibility index (Phi) is 6.89. The van der Waals surface area contributed by atoms with Gasteiger partial charge in [-0.25, -0.2) is 0 Å². The molecular formula is C15H23ClN2O. The van der Waals surface area contributed by atoms with Crippen LogP contribution in [0.15, 0.2) is 35.1 Å². The first-order valence-corrected chi connectivity index (χ1v) is 6.88. The average Bonchev–Trinajstić information content (AvgIpc) is 2.62. The van der Waals surface area contributed by atoms with Crippen LogP contribution in [-0.2, 0) is 0 Å². The van der Waals surface area contributed by atoms with Crippen molar-refractivity contribution >= 4 is 18.1 Å². The van der Waals surface area contributed by atoms with E-state index in [2.05, 4.69) is 16.7 Å². The number of nitrogens with zero attached hydrogens (tertiary/aromatic N) is 2. The first-order chi connectivity index (χ1) is 8.81. The molecule has 106 valence electrons. The van der Waals surface area contributed by atoms with Crippen molar-refractivity contribution < 1.29 is 0 Å². The van der Waals surface area contributed by atoms with Crippen molar-refractivity contribution in [3.05, 3.63) is 40.6 Å². The number of unbranched alkanes of at least 4 members (excludes halogenated alkanes) is 1. The second kappa shape index (κ2) is 8.18. The summed E-state index contributed by atoms with van der Waals surface area (Å²) in [5.74, 6) is 0. The fraction of sp³-hybridized carbons (Fsp3) is 0.533. The van der Waals surface area contributed by atoms with Crippen LogP contribution >= 0.6 is 12.4 Å². The summed E-state index contributed by atoms with van der Waals surface area (Å²) in [5, 5.41) is 0. The lowest BCUT2D eigenvalue weighted by Gasteiger charge is -2.35. The summed E-state index contributed by atoms with van der Waals surface area (Å²) < 4.78 is 0. The van der Waals surface area contributed by atoms with Gasteiger partial charge in [-0.1, -0.05) is 31.5 Å². The molecular weight excluding hydrogens is 260 g/mol. The molecule has 0 radical (unpaired) electrons. The Morgan fingerprint density at radius 1 is 1.05 bits per heavy atom. The van der Waals surface area contributed by atoms with Gasteiger partial charge in [-0.15, -0.1) is 12.4 Å². The molecule has 0 aliphatic carbocycles. The van der Waals surface area contributed by atoms with Crippen molar-refractivity contribution in [1.82, 2.24) is 4.90 Å². The zero-order chi connectivity index (χ0) is 12.8. The highest BCUT2D eigenvalue weighted by molar-refractivity contribution is 5.85. The van der Waals surface area contributed by atoms with Gasteiger partial charge >= 0.3 is 0 Å². The standard InChI is InChI=1S/C15H22N2O.ClH/c1-2-3-9-16-10-12-17(13-11-16)14-7-5-4-6-8-15(14)18;/h4-8H,2-3,9-13H2,1H3;1H. The zero-order valence-corrected chi connectivity index (χ0v) is 12.4. The van der Waals surface area contributed by atoms with Crippen LogP contribution in [0.3, 0.4) is 0 Å². The number of hydrogen-bond donors (Lipinski definition) is 0. The van der Waals surface area contributed by atoms with E-state index in [0.29, 0.717) is 0 Å². The van der Waals surface area contributed by atoms with Crippen molar-refractivity contribution in [3.8, 4) is 0 Å². The van der Waals surface area contributed by atoms with Crippen LogP contribution < -0.4 is 10.3 Å². The molecule has 0 aromatic heterocycles. The summed E-state index contributed by atoms with van der Waals surface area (Å²) >= 11 is 0. The molecule has 1 aromatic rings. The van der Waals surface area contributed by atoms with Gasteiger partial charge in [0.05, 0.1) is 5.69 Å². The maximum Gasteiger partial charge on any atom is 0.201 e. The molecule has 0 saturated carbocycles. The molecule has 1 aliphatic heterocycles. The molecule has 2 rings (SSSR count). The fourth-order valence-corrected chi connectivity index (χ4v) is 2.38. The molecule has 0 bridgehead atoms. The number of halogens is 1. The summed E-state index contributed by atoms with van der Waals surface area (Å²) in [6, 6.07) is 9.24. The molecule has 1 heterocycles. The van der Waals surface area contributed by atoms with Crippen LogP contribution in [0.4, 0.5) is 5.69 Å². The Labute approximate surface area is 121 Å². The van der Waals surface area contributed by atoms with Gasteiger partial charge in [-0.3, -0.25) is 9.69 Å². The van der Waals surface area contributed by atoms with Gasteiger partial charge in [0.2, 0.25) is 5.43 Å². The Hall–Kier alpha value is -1.06. The lowest BCUT2D eigenvalue weighted by atomic mass is 10.2. The number of piperazine rings is 1. The van der Waals surface area contributed by atoms with Gasteiger partial charge in [-0.05, 0) is 25.1 Å². The lowest BCUT2D eigenvalue weighted by Crippen LogP contribution is -2.47. The summed E-state index contributed by atoms with van der Waals surface area (Å²) in [4.78, 5) is 16.6. The van der Waals surface area contributed by atoms with Gasteiger partial charge in [-0.2, -0.15) is 0 Å². The van der Waals surface area contributed by atoms with Crippen LogP contribution in [0.5, 0.6) is 0 Å². The number of hydrogen-bond acceptors (Lipinski definition) is 3. The van der Waals surface area contributed by atoms with Gasteiger partial charge in [0.25, 0.3) is 0 Å². The normalized spacial score (nSPS) is 15.9. The Morgan fingerprint density at radius 3 is 2.42 bits per heavy atom. The van der Waals surface area contributed by atoms with Crippen molar-refractivity contribution in [2.45, 2.75) is 19.8 Å². The zero-order valence-electron chi connectivity index (χ0n) is 11.5. The Balaban J connectivity index is 0.00000180. The molecule has 1 saturated heterocycles. The molecule has 0 unspecified atom stereocenters. The van der Waals surface area contributed by atoms with E-state index in [1.54, 1.807) is 6.07 Å². The highest BCUT2D eigenvalue weighted by atomic mass is 35.5. The van der Waals surface area contributed by atoms with Crippen LogP contribution in [0.1, 0.15) is 19.8 Å². The van der Waals surface area contributed by atoms with Crippen molar-refractivity contribution in [1.29, 1.82) is 0 Å². The van der Waals surface area contributed by atoms with E-state index in [1.165, 1.54) is 19.4 Å². The van der Waals surface area contributed by atoms with Crippen molar-refractivity contribution in [3.63, 3.8) is 0 Å². The minimum Gasteiger partial charge on any atom is -0.366 e. The molecule has 1 fully saturated rings. The predicted molar refractivity (Wildman–Crippen MR) is 83.5 cm³/mol. The first kappa shape index (κ1) is 16.0. The van der Waals surface area contributed by atoms with Gasteiger partial charge < -0.3 is 4.90 Å². The molecule has 0 amide bonds. The van der Waals surface area contributed by atoms with E-state index in [-0.39, 0.29) is 17.8 Å². The first-order valence-electron chi connectivity index (χ1n) is 6.88. The van der Waals surface area contributed by atoms with Crippen molar-refractivity contribution in [2.75, 3.05) is 37.6 Å². The quantitative estimate of drug-likeness (QED) is 0.847. The van der Waals surface area contributed by atoms with E-state index in [9.17, 15) is 4.79 Å². The third-order valence-corrected chi connectivity index (χ3v) is 3.52. The van der Waals surface area contributed by atoms with Gasteiger partial charge in [0.15, 0.2) is 0 Å². The molecule has 1 aromatic carbocycles. The van der Waals surface area contributed by atoms with E-state index >= 15 is 0 Å². The second-order valence-corrected chi connectivity index (χ2v) is 4.84. The Morgan fingerprint density at radius 2 is 1.74 bits per heavy atom. The second-order valence-electron chi connectivity index (χ2n) is 4.84. The van der Waals surface area contributed by atoms with E-state index in [0.717, 1.165) is 31.9 Å². The third kappa shape index (κ3) is 4.51. The van der Waals surface area contributed by atoms with Crippen LogP contribution in [0.25, 0.3) is 0 Å². The van der Waals surface area contributed by atoms with Gasteiger partial charge in [0, 0.05) is 26.2 Å². The summed E-state index contributed by atoms with van der Waals surface area (Å²) in [5.41, 5.74) is 0.970.